The minimum atomic E-state index is 0.965. The first-order valence-corrected chi connectivity index (χ1v) is 3.88. The van der Waals surface area contributed by atoms with Crippen LogP contribution < -0.4 is 0 Å². The molecule has 50 valence electrons. The summed E-state index contributed by atoms with van der Waals surface area (Å²) in [7, 11) is 2.05. The van der Waals surface area contributed by atoms with Crippen LogP contribution in [0.4, 0.5) is 0 Å². The van der Waals surface area contributed by atoms with Gasteiger partial charge in [0.05, 0.1) is 6.54 Å². The predicted octanol–water partition coefficient (Wildman–Crippen LogP) is 1.63. The quantitative estimate of drug-likeness (QED) is 0.461. The first-order chi connectivity index (χ1) is 4.18. The van der Waals surface area contributed by atoms with E-state index in [-0.39, 0.29) is 0 Å². The largest absolute Gasteiger partial charge is 0.373 e. The van der Waals surface area contributed by atoms with E-state index in [0.717, 1.165) is 10.2 Å². The molecule has 2 nitrogen and oxygen atoms in total. The molecule has 0 aromatic heterocycles. The fourth-order valence-corrected chi connectivity index (χ4v) is 1.72. The molecule has 1 aliphatic rings. The van der Waals surface area contributed by atoms with Crippen molar-refractivity contribution in [3.05, 3.63) is 9.90 Å². The first kappa shape index (κ1) is 7.05. The molecule has 3 heteroatoms. The minimum absolute atomic E-state index is 0.965. The molecule has 0 unspecified atom stereocenters. The first-order valence-electron chi connectivity index (χ1n) is 2.80. The average molecular weight is 236 g/mol. The van der Waals surface area contributed by atoms with Crippen molar-refractivity contribution in [1.82, 2.24) is 4.90 Å². The molecule has 0 bridgehead atoms. The van der Waals surface area contributed by atoms with Crippen LogP contribution in [0.25, 0.3) is 0 Å². The van der Waals surface area contributed by atoms with Gasteiger partial charge in [-0.25, -0.2) is 4.99 Å². The summed E-state index contributed by atoms with van der Waals surface area (Å²) in [5.41, 5.74) is 1.18. The van der Waals surface area contributed by atoms with Crippen LogP contribution in [-0.4, -0.2) is 24.2 Å². The summed E-state index contributed by atoms with van der Waals surface area (Å²) in [6.07, 6.45) is 2.04. The second kappa shape index (κ2) is 2.68. The molecule has 0 aromatic carbocycles. The van der Waals surface area contributed by atoms with Crippen LogP contribution >= 0.6 is 22.6 Å². The second-order valence-corrected chi connectivity index (χ2v) is 3.32. The molecule has 0 saturated heterocycles. The molecule has 0 fully saturated rings. The molecule has 0 saturated carbocycles. The highest BCUT2D eigenvalue weighted by Gasteiger charge is 2.02. The molecule has 0 spiro atoms. The SMILES string of the molecule is CC1=NC(I)=CN(C)C1. The summed E-state index contributed by atoms with van der Waals surface area (Å²) >= 11 is 2.22. The van der Waals surface area contributed by atoms with Crippen molar-refractivity contribution in [3.8, 4) is 0 Å². The van der Waals surface area contributed by atoms with Gasteiger partial charge in [0.15, 0.2) is 0 Å². The van der Waals surface area contributed by atoms with Crippen LogP contribution in [0.2, 0.25) is 0 Å². The Hall–Kier alpha value is -0.0600. The molecular formula is C6H9IN2. The van der Waals surface area contributed by atoms with E-state index in [2.05, 4.69) is 39.5 Å². The fraction of sp³-hybridized carbons (Fsp3) is 0.500. The molecule has 1 rings (SSSR count). The van der Waals surface area contributed by atoms with E-state index in [9.17, 15) is 0 Å². The number of hydrogen-bond donors (Lipinski definition) is 0. The Morgan fingerprint density at radius 2 is 2.44 bits per heavy atom. The molecule has 0 N–H and O–H groups in total. The van der Waals surface area contributed by atoms with E-state index in [1.54, 1.807) is 0 Å². The van der Waals surface area contributed by atoms with Crippen molar-refractivity contribution in [2.45, 2.75) is 6.92 Å². The monoisotopic (exact) mass is 236 g/mol. The van der Waals surface area contributed by atoms with Gasteiger partial charge in [-0.15, -0.1) is 0 Å². The molecule has 9 heavy (non-hydrogen) atoms. The summed E-state index contributed by atoms with van der Waals surface area (Å²) in [4.78, 5) is 6.38. The second-order valence-electron chi connectivity index (χ2n) is 2.21. The molecule has 0 aromatic rings. The summed E-state index contributed by atoms with van der Waals surface area (Å²) in [6.45, 7) is 3.01. The van der Waals surface area contributed by atoms with Crippen LogP contribution in [0.3, 0.4) is 0 Å². The number of hydrogen-bond acceptors (Lipinski definition) is 2. The Labute approximate surface area is 68.8 Å². The molecule has 1 aliphatic heterocycles. The number of halogens is 1. The number of rotatable bonds is 0. The van der Waals surface area contributed by atoms with E-state index in [1.807, 2.05) is 13.1 Å². The zero-order valence-electron chi connectivity index (χ0n) is 5.56. The van der Waals surface area contributed by atoms with Crippen LogP contribution in [-0.2, 0) is 0 Å². The van der Waals surface area contributed by atoms with Gasteiger partial charge in [-0.1, -0.05) is 0 Å². The summed E-state index contributed by atoms with van der Waals surface area (Å²) in [6, 6.07) is 0. The maximum atomic E-state index is 4.26. The van der Waals surface area contributed by atoms with Gasteiger partial charge in [-0.05, 0) is 29.5 Å². The Morgan fingerprint density at radius 3 is 2.89 bits per heavy atom. The van der Waals surface area contributed by atoms with Gasteiger partial charge in [-0.3, -0.25) is 0 Å². The third-order valence-electron chi connectivity index (χ3n) is 1.10. The topological polar surface area (TPSA) is 15.6 Å². The van der Waals surface area contributed by atoms with Crippen molar-refractivity contribution in [3.63, 3.8) is 0 Å². The highest BCUT2D eigenvalue weighted by molar-refractivity contribution is 14.1. The zero-order chi connectivity index (χ0) is 6.85. The van der Waals surface area contributed by atoms with Crippen LogP contribution in [0.5, 0.6) is 0 Å². The van der Waals surface area contributed by atoms with Crippen molar-refractivity contribution in [2.24, 2.45) is 4.99 Å². The molecule has 0 atom stereocenters. The minimum Gasteiger partial charge on any atom is -0.373 e. The van der Waals surface area contributed by atoms with Crippen molar-refractivity contribution in [2.75, 3.05) is 13.6 Å². The smallest absolute Gasteiger partial charge is 0.117 e. The van der Waals surface area contributed by atoms with E-state index in [1.165, 1.54) is 5.71 Å². The fourth-order valence-electron chi connectivity index (χ4n) is 0.835. The molecule has 0 aliphatic carbocycles. The third kappa shape index (κ3) is 1.97. The average Bonchev–Trinajstić information content (AvgIpc) is 1.59. The Bertz CT molecular complexity index is 172. The van der Waals surface area contributed by atoms with Gasteiger partial charge in [0.1, 0.15) is 3.70 Å². The summed E-state index contributed by atoms with van der Waals surface area (Å²) in [5, 5.41) is 0. The molecular weight excluding hydrogens is 227 g/mol. The Kier molecular flexibility index (Phi) is 2.10. The van der Waals surface area contributed by atoms with Crippen LogP contribution in [0, 0.1) is 0 Å². The summed E-state index contributed by atoms with van der Waals surface area (Å²) in [5.74, 6) is 0. The molecule has 1 heterocycles. The van der Waals surface area contributed by atoms with E-state index in [4.69, 9.17) is 0 Å². The molecule has 0 radical (unpaired) electrons. The Balaban J connectivity index is 2.74. The zero-order valence-corrected chi connectivity index (χ0v) is 7.71. The van der Waals surface area contributed by atoms with Crippen molar-refractivity contribution < 1.29 is 0 Å². The third-order valence-corrected chi connectivity index (χ3v) is 1.62. The lowest BCUT2D eigenvalue weighted by atomic mass is 10.4. The van der Waals surface area contributed by atoms with Gasteiger partial charge in [0.25, 0.3) is 0 Å². The normalized spacial score (nSPS) is 19.2. The lowest BCUT2D eigenvalue weighted by Gasteiger charge is -2.17. The number of aliphatic imine (C=N–C) groups is 1. The van der Waals surface area contributed by atoms with E-state index in [0.29, 0.717) is 0 Å². The number of nitrogens with zero attached hydrogens (tertiary/aromatic N) is 2. The van der Waals surface area contributed by atoms with Gasteiger partial charge in [0, 0.05) is 19.0 Å². The van der Waals surface area contributed by atoms with Gasteiger partial charge < -0.3 is 4.90 Å². The van der Waals surface area contributed by atoms with Gasteiger partial charge in [-0.2, -0.15) is 0 Å². The lowest BCUT2D eigenvalue weighted by Crippen LogP contribution is -2.21. The lowest BCUT2D eigenvalue weighted by molar-refractivity contribution is 0.515. The predicted molar refractivity (Wildman–Crippen MR) is 47.8 cm³/mol. The van der Waals surface area contributed by atoms with Crippen LogP contribution in [0.1, 0.15) is 6.92 Å². The summed E-state index contributed by atoms with van der Waals surface area (Å²) < 4.78 is 1.07. The molecule has 0 amide bonds. The maximum Gasteiger partial charge on any atom is 0.117 e. The van der Waals surface area contributed by atoms with Gasteiger partial charge in [0.2, 0.25) is 0 Å². The van der Waals surface area contributed by atoms with Crippen LogP contribution in [0.15, 0.2) is 14.9 Å². The maximum absolute atomic E-state index is 4.26. The van der Waals surface area contributed by atoms with Gasteiger partial charge >= 0.3 is 0 Å². The van der Waals surface area contributed by atoms with Crippen molar-refractivity contribution in [1.29, 1.82) is 0 Å². The highest BCUT2D eigenvalue weighted by atomic mass is 127. The standard InChI is InChI=1S/C6H9IN2/c1-5-3-9(2)4-6(7)8-5/h4H,3H2,1-2H3. The van der Waals surface area contributed by atoms with E-state index >= 15 is 0 Å². The van der Waals surface area contributed by atoms with Crippen molar-refractivity contribution >= 4 is 28.3 Å². The highest BCUT2D eigenvalue weighted by Crippen LogP contribution is 2.12. The van der Waals surface area contributed by atoms with E-state index < -0.39 is 0 Å². The Morgan fingerprint density at radius 1 is 1.78 bits per heavy atom.